The quantitative estimate of drug-likeness (QED) is 0.234. The molecule has 1 fully saturated rings. The first kappa shape index (κ1) is 25.2. The van der Waals surface area contributed by atoms with Crippen LogP contribution in [0.5, 0.6) is 5.75 Å². The molecule has 4 rings (SSSR count). The minimum Gasteiger partial charge on any atom is -0.493 e. The van der Waals surface area contributed by atoms with Gasteiger partial charge in [0.05, 0.1) is 17.2 Å². The number of aromatic nitrogens is 2. The van der Waals surface area contributed by atoms with Crippen molar-refractivity contribution in [1.29, 1.82) is 0 Å². The molecule has 0 atom stereocenters. The molecule has 0 bridgehead atoms. The molecule has 5 nitrogen and oxygen atoms in total. The van der Waals surface area contributed by atoms with Gasteiger partial charge in [0.25, 0.3) is 5.91 Å². The lowest BCUT2D eigenvalue weighted by molar-refractivity contribution is -0.122. The zero-order valence-corrected chi connectivity index (χ0v) is 22.3. The smallest absolute Gasteiger partial charge is 0.266 e. The summed E-state index contributed by atoms with van der Waals surface area (Å²) in [6.45, 7) is 9.76. The van der Waals surface area contributed by atoms with Crippen LogP contribution in [0.25, 0.3) is 23.0 Å². The first-order valence-electron chi connectivity index (χ1n) is 12.0. The molecular formula is C28H31N3O2S2. The Morgan fingerprint density at radius 3 is 2.63 bits per heavy atom. The van der Waals surface area contributed by atoms with Crippen LogP contribution in [0.2, 0.25) is 0 Å². The van der Waals surface area contributed by atoms with Crippen LogP contribution in [0.1, 0.15) is 44.7 Å². The van der Waals surface area contributed by atoms with Gasteiger partial charge >= 0.3 is 0 Å². The van der Waals surface area contributed by atoms with Crippen LogP contribution in [0.3, 0.4) is 0 Å². The number of hydrogen-bond acceptors (Lipinski definition) is 5. The molecule has 1 aromatic heterocycles. The Kier molecular flexibility index (Phi) is 8.08. The maximum absolute atomic E-state index is 13.1. The molecule has 7 heteroatoms. The van der Waals surface area contributed by atoms with Crippen LogP contribution >= 0.6 is 24.0 Å². The molecular weight excluding hydrogens is 474 g/mol. The van der Waals surface area contributed by atoms with Gasteiger partial charge in [-0.25, -0.2) is 4.68 Å². The lowest BCUT2D eigenvalue weighted by Crippen LogP contribution is -2.28. The SMILES string of the molecule is CCCCN1C(=O)/C(=C/c2cn(-c3ccccc3)nc2-c2ccc(OCC(C)C)c(C)c2)SC1=S. The van der Waals surface area contributed by atoms with Crippen molar-refractivity contribution in [2.24, 2.45) is 5.92 Å². The van der Waals surface area contributed by atoms with E-state index in [-0.39, 0.29) is 5.91 Å². The van der Waals surface area contributed by atoms with Crippen molar-refractivity contribution < 1.29 is 9.53 Å². The highest BCUT2D eigenvalue weighted by atomic mass is 32.2. The van der Waals surface area contributed by atoms with Gasteiger partial charge < -0.3 is 4.74 Å². The highest BCUT2D eigenvalue weighted by Crippen LogP contribution is 2.36. The van der Waals surface area contributed by atoms with Crippen molar-refractivity contribution in [3.63, 3.8) is 0 Å². The number of thioether (sulfide) groups is 1. The van der Waals surface area contributed by atoms with Gasteiger partial charge in [-0.2, -0.15) is 5.10 Å². The molecule has 1 aliphatic rings. The molecule has 2 aromatic carbocycles. The highest BCUT2D eigenvalue weighted by molar-refractivity contribution is 8.26. The molecule has 2 heterocycles. The Morgan fingerprint density at radius 1 is 1.17 bits per heavy atom. The third-order valence-corrected chi connectivity index (χ3v) is 7.06. The fourth-order valence-corrected chi connectivity index (χ4v) is 5.10. The Hall–Kier alpha value is -2.90. The molecule has 0 spiro atoms. The van der Waals surface area contributed by atoms with Crippen LogP contribution in [0.15, 0.2) is 59.6 Å². The lowest BCUT2D eigenvalue weighted by atomic mass is 10.0. The standard InChI is InChI=1S/C28H31N3O2S2/c1-5-6-14-30-27(32)25(35-28(30)34)16-22-17-31(23-10-8-7-9-11-23)29-26(22)21-12-13-24(20(4)15-21)33-18-19(2)3/h7-13,15-17,19H,5-6,14,18H2,1-4H3/b25-16-. The van der Waals surface area contributed by atoms with Crippen molar-refractivity contribution in [3.05, 3.63) is 70.8 Å². The summed E-state index contributed by atoms with van der Waals surface area (Å²) in [6, 6.07) is 16.1. The van der Waals surface area contributed by atoms with Crippen molar-refractivity contribution >= 4 is 40.3 Å². The first-order chi connectivity index (χ1) is 16.9. The number of amides is 1. The van der Waals surface area contributed by atoms with Crippen molar-refractivity contribution in [2.45, 2.75) is 40.5 Å². The molecule has 0 saturated carbocycles. The predicted octanol–water partition coefficient (Wildman–Crippen LogP) is 6.88. The maximum atomic E-state index is 13.1. The van der Waals surface area contributed by atoms with E-state index in [1.54, 1.807) is 4.90 Å². The molecule has 3 aromatic rings. The molecule has 0 radical (unpaired) electrons. The summed E-state index contributed by atoms with van der Waals surface area (Å²) in [6.07, 6.45) is 5.84. The molecule has 1 amide bonds. The van der Waals surface area contributed by atoms with Crippen molar-refractivity contribution in [2.75, 3.05) is 13.2 Å². The Labute approximate surface area is 217 Å². The van der Waals surface area contributed by atoms with E-state index in [1.165, 1.54) is 11.8 Å². The van der Waals surface area contributed by atoms with Crippen LogP contribution in [0.4, 0.5) is 0 Å². The molecule has 0 unspecified atom stereocenters. The number of hydrogen-bond donors (Lipinski definition) is 0. The second-order valence-corrected chi connectivity index (χ2v) is 10.8. The summed E-state index contributed by atoms with van der Waals surface area (Å²) < 4.78 is 8.44. The zero-order valence-electron chi connectivity index (χ0n) is 20.7. The summed E-state index contributed by atoms with van der Waals surface area (Å²) in [5.74, 6) is 1.31. The number of unbranched alkanes of at least 4 members (excludes halogenated alkanes) is 1. The van der Waals surface area contributed by atoms with Gasteiger partial charge in [0.15, 0.2) is 0 Å². The van der Waals surface area contributed by atoms with Crippen LogP contribution < -0.4 is 4.74 Å². The van der Waals surface area contributed by atoms with E-state index >= 15 is 0 Å². The van der Waals surface area contributed by atoms with Gasteiger partial charge in [0.2, 0.25) is 0 Å². The van der Waals surface area contributed by atoms with Crippen LogP contribution in [0, 0.1) is 12.8 Å². The Balaban J connectivity index is 1.73. The van der Waals surface area contributed by atoms with E-state index in [0.29, 0.717) is 28.3 Å². The number of aryl methyl sites for hydroxylation is 1. The summed E-state index contributed by atoms with van der Waals surface area (Å²) in [4.78, 5) is 15.4. The third-order valence-electron chi connectivity index (χ3n) is 5.68. The van der Waals surface area contributed by atoms with E-state index in [9.17, 15) is 4.79 Å². The number of para-hydroxylation sites is 1. The van der Waals surface area contributed by atoms with E-state index in [0.717, 1.165) is 46.7 Å². The van der Waals surface area contributed by atoms with E-state index < -0.39 is 0 Å². The van der Waals surface area contributed by atoms with Gasteiger partial charge in [-0.1, -0.05) is 69.4 Å². The van der Waals surface area contributed by atoms with Gasteiger partial charge in [-0.15, -0.1) is 0 Å². The van der Waals surface area contributed by atoms with Gasteiger partial charge in [-0.3, -0.25) is 9.69 Å². The van der Waals surface area contributed by atoms with Gasteiger partial charge in [-0.05, 0) is 61.2 Å². The van der Waals surface area contributed by atoms with Crippen molar-refractivity contribution in [3.8, 4) is 22.7 Å². The molecule has 0 aliphatic carbocycles. The normalized spacial score (nSPS) is 15.0. The van der Waals surface area contributed by atoms with E-state index in [1.807, 2.05) is 66.3 Å². The number of carbonyl (C=O) groups is 1. The molecule has 35 heavy (non-hydrogen) atoms. The van der Waals surface area contributed by atoms with Gasteiger partial charge in [0.1, 0.15) is 15.8 Å². The average molecular weight is 506 g/mol. The molecule has 182 valence electrons. The largest absolute Gasteiger partial charge is 0.493 e. The van der Waals surface area contributed by atoms with E-state index in [2.05, 4.69) is 26.8 Å². The maximum Gasteiger partial charge on any atom is 0.266 e. The fourth-order valence-electron chi connectivity index (χ4n) is 3.80. The minimum absolute atomic E-state index is 0.0273. The number of benzene rings is 2. The number of rotatable bonds is 9. The Morgan fingerprint density at radius 2 is 1.94 bits per heavy atom. The summed E-state index contributed by atoms with van der Waals surface area (Å²) in [7, 11) is 0. The number of carbonyl (C=O) groups excluding carboxylic acids is 1. The van der Waals surface area contributed by atoms with Crippen molar-refractivity contribution in [1.82, 2.24) is 14.7 Å². The monoisotopic (exact) mass is 505 g/mol. The number of nitrogens with zero attached hydrogens (tertiary/aromatic N) is 3. The molecule has 1 saturated heterocycles. The second kappa shape index (κ2) is 11.2. The predicted molar refractivity (Wildman–Crippen MR) is 149 cm³/mol. The summed E-state index contributed by atoms with van der Waals surface area (Å²) in [5, 5.41) is 4.91. The molecule has 1 aliphatic heterocycles. The lowest BCUT2D eigenvalue weighted by Gasteiger charge is -2.13. The zero-order chi connectivity index (χ0) is 24.9. The first-order valence-corrected chi connectivity index (χ1v) is 13.2. The Bertz CT molecular complexity index is 1250. The summed E-state index contributed by atoms with van der Waals surface area (Å²) >= 11 is 6.86. The fraction of sp³-hybridized carbons (Fsp3) is 0.321. The second-order valence-electron chi connectivity index (χ2n) is 9.09. The van der Waals surface area contributed by atoms with Crippen LogP contribution in [-0.2, 0) is 4.79 Å². The van der Waals surface area contributed by atoms with Crippen LogP contribution in [-0.4, -0.2) is 38.1 Å². The number of ether oxygens (including phenoxy) is 1. The van der Waals surface area contributed by atoms with E-state index in [4.69, 9.17) is 22.1 Å². The third kappa shape index (κ3) is 5.85. The average Bonchev–Trinajstić information content (AvgIpc) is 3.38. The summed E-state index contributed by atoms with van der Waals surface area (Å²) in [5.41, 5.74) is 4.67. The molecule has 0 N–H and O–H groups in total. The van der Waals surface area contributed by atoms with Gasteiger partial charge in [0, 0.05) is 23.9 Å². The number of thiocarbonyl (C=S) groups is 1. The minimum atomic E-state index is -0.0273. The topological polar surface area (TPSA) is 47.4 Å². The highest BCUT2D eigenvalue weighted by Gasteiger charge is 2.32.